The second-order valence-corrected chi connectivity index (χ2v) is 7.22. The van der Waals surface area contributed by atoms with Gasteiger partial charge in [-0.3, -0.25) is 14.9 Å². The van der Waals surface area contributed by atoms with Gasteiger partial charge >= 0.3 is 0 Å². The van der Waals surface area contributed by atoms with Gasteiger partial charge in [-0.25, -0.2) is 4.98 Å². The normalized spacial score (nSPS) is 10.6. The van der Waals surface area contributed by atoms with E-state index in [1.54, 1.807) is 37.4 Å². The second kappa shape index (κ2) is 7.81. The first-order chi connectivity index (χ1) is 12.8. The summed E-state index contributed by atoms with van der Waals surface area (Å²) in [6.45, 7) is 1.72. The molecule has 2 aromatic carbocycles. The summed E-state index contributed by atoms with van der Waals surface area (Å²) in [6.07, 6.45) is 3.51. The summed E-state index contributed by atoms with van der Waals surface area (Å²) in [5.74, 6) is -0.444. The van der Waals surface area contributed by atoms with Crippen molar-refractivity contribution in [1.82, 2.24) is 9.55 Å². The van der Waals surface area contributed by atoms with Crippen molar-refractivity contribution in [3.05, 3.63) is 75.1 Å². The number of amides is 1. The highest BCUT2D eigenvalue weighted by atomic mass is 35.5. The molecule has 0 spiro atoms. The van der Waals surface area contributed by atoms with Gasteiger partial charge in [0.05, 0.1) is 10.6 Å². The maximum atomic E-state index is 12.7. The first-order valence-corrected chi connectivity index (χ1v) is 9.05. The van der Waals surface area contributed by atoms with E-state index in [9.17, 15) is 14.9 Å². The van der Waals surface area contributed by atoms with Gasteiger partial charge in [0.1, 0.15) is 0 Å². The fourth-order valence-corrected chi connectivity index (χ4v) is 3.44. The monoisotopic (exact) mass is 402 g/mol. The Morgan fingerprint density at radius 1 is 1.30 bits per heavy atom. The Hall–Kier alpha value is -2.84. The van der Waals surface area contributed by atoms with Gasteiger partial charge in [-0.1, -0.05) is 17.7 Å². The topological polar surface area (TPSA) is 90.1 Å². The Balaban J connectivity index is 1.92. The predicted octanol–water partition coefficient (Wildman–Crippen LogP) is 4.69. The molecule has 1 aromatic heterocycles. The van der Waals surface area contributed by atoms with Crippen LogP contribution in [0.25, 0.3) is 0 Å². The summed E-state index contributed by atoms with van der Waals surface area (Å²) in [5, 5.41) is 15.0. The molecule has 9 heteroatoms. The van der Waals surface area contributed by atoms with Gasteiger partial charge < -0.3 is 9.88 Å². The summed E-state index contributed by atoms with van der Waals surface area (Å²) < 4.78 is 1.86. The lowest BCUT2D eigenvalue weighted by molar-refractivity contribution is -0.384. The van der Waals surface area contributed by atoms with Crippen molar-refractivity contribution in [2.24, 2.45) is 7.05 Å². The molecule has 0 saturated heterocycles. The molecule has 1 amide bonds. The van der Waals surface area contributed by atoms with E-state index in [1.807, 2.05) is 17.8 Å². The van der Waals surface area contributed by atoms with E-state index in [-0.39, 0.29) is 11.3 Å². The molecular weight excluding hydrogens is 388 g/mol. The molecule has 0 bridgehead atoms. The average molecular weight is 403 g/mol. The minimum absolute atomic E-state index is 0.139. The number of nitro benzene ring substituents is 1. The third-order valence-electron chi connectivity index (χ3n) is 3.84. The second-order valence-electron chi connectivity index (χ2n) is 5.77. The zero-order chi connectivity index (χ0) is 19.6. The molecule has 1 heterocycles. The summed E-state index contributed by atoms with van der Waals surface area (Å²) in [6, 6.07) is 9.33. The fraction of sp³-hybridized carbons (Fsp3) is 0.111. The molecule has 0 radical (unpaired) electrons. The van der Waals surface area contributed by atoms with Crippen LogP contribution in [0, 0.1) is 17.0 Å². The number of imidazole rings is 1. The number of nitro groups is 1. The van der Waals surface area contributed by atoms with E-state index < -0.39 is 10.8 Å². The number of nitrogens with zero attached hydrogens (tertiary/aromatic N) is 3. The van der Waals surface area contributed by atoms with Gasteiger partial charge in [0, 0.05) is 47.1 Å². The first-order valence-electron chi connectivity index (χ1n) is 7.86. The summed E-state index contributed by atoms with van der Waals surface area (Å²) in [7, 11) is 1.87. The molecule has 0 unspecified atom stereocenters. The highest BCUT2D eigenvalue weighted by molar-refractivity contribution is 7.99. The molecule has 27 heavy (non-hydrogen) atoms. The van der Waals surface area contributed by atoms with E-state index in [2.05, 4.69) is 10.3 Å². The van der Waals surface area contributed by atoms with Crippen molar-refractivity contribution in [2.75, 3.05) is 5.32 Å². The van der Waals surface area contributed by atoms with Crippen molar-refractivity contribution in [3.63, 3.8) is 0 Å². The number of carbonyl (C=O) groups excluding carboxylic acids is 1. The molecule has 0 saturated carbocycles. The van der Waals surface area contributed by atoms with Crippen LogP contribution in [0.4, 0.5) is 11.4 Å². The minimum atomic E-state index is -0.530. The number of aryl methyl sites for hydroxylation is 2. The van der Waals surface area contributed by atoms with E-state index in [1.165, 1.54) is 23.9 Å². The molecular formula is C18H15ClN4O3S. The number of hydrogen-bond donors (Lipinski definition) is 1. The van der Waals surface area contributed by atoms with Gasteiger partial charge in [0.15, 0.2) is 5.16 Å². The third-order valence-corrected chi connectivity index (χ3v) is 5.23. The molecule has 0 atom stereocenters. The predicted molar refractivity (Wildman–Crippen MR) is 105 cm³/mol. The van der Waals surface area contributed by atoms with Crippen LogP contribution >= 0.6 is 23.4 Å². The van der Waals surface area contributed by atoms with Crippen LogP contribution in [0.5, 0.6) is 0 Å². The number of hydrogen-bond acceptors (Lipinski definition) is 5. The maximum Gasteiger partial charge on any atom is 0.270 e. The van der Waals surface area contributed by atoms with Crippen molar-refractivity contribution in [1.29, 1.82) is 0 Å². The van der Waals surface area contributed by atoms with Crippen LogP contribution in [-0.2, 0) is 7.05 Å². The Bertz CT molecular complexity index is 1040. The van der Waals surface area contributed by atoms with Gasteiger partial charge in [0.25, 0.3) is 11.6 Å². The lowest BCUT2D eigenvalue weighted by Gasteiger charge is -2.12. The molecule has 0 fully saturated rings. The minimum Gasteiger partial charge on any atom is -0.329 e. The van der Waals surface area contributed by atoms with Crippen molar-refractivity contribution < 1.29 is 9.72 Å². The summed E-state index contributed by atoms with van der Waals surface area (Å²) in [5.41, 5.74) is 1.24. The Morgan fingerprint density at radius 3 is 2.74 bits per heavy atom. The molecule has 0 aliphatic rings. The number of carbonyl (C=O) groups is 1. The zero-order valence-electron chi connectivity index (χ0n) is 14.5. The van der Waals surface area contributed by atoms with Crippen molar-refractivity contribution >= 4 is 40.6 Å². The third kappa shape index (κ3) is 4.29. The Kier molecular flexibility index (Phi) is 5.48. The van der Waals surface area contributed by atoms with Crippen LogP contribution < -0.4 is 5.32 Å². The van der Waals surface area contributed by atoms with E-state index in [0.29, 0.717) is 16.3 Å². The molecule has 0 aliphatic carbocycles. The number of nitrogens with one attached hydrogen (secondary N) is 1. The fourth-order valence-electron chi connectivity index (χ4n) is 2.40. The Labute approximate surface area is 164 Å². The van der Waals surface area contributed by atoms with Crippen LogP contribution in [0.3, 0.4) is 0 Å². The van der Waals surface area contributed by atoms with Crippen molar-refractivity contribution in [3.8, 4) is 0 Å². The number of aromatic nitrogens is 2. The number of benzene rings is 2. The zero-order valence-corrected chi connectivity index (χ0v) is 16.0. The number of rotatable bonds is 5. The summed E-state index contributed by atoms with van der Waals surface area (Å²) in [4.78, 5) is 28.2. The first kappa shape index (κ1) is 18.9. The lowest BCUT2D eigenvalue weighted by atomic mass is 10.1. The van der Waals surface area contributed by atoms with Crippen LogP contribution in [0.2, 0.25) is 5.02 Å². The van der Waals surface area contributed by atoms with Gasteiger partial charge in [-0.2, -0.15) is 0 Å². The molecule has 7 nitrogen and oxygen atoms in total. The summed E-state index contributed by atoms with van der Waals surface area (Å²) >= 11 is 7.46. The highest BCUT2D eigenvalue weighted by Crippen LogP contribution is 2.34. The number of non-ortho nitro benzene ring substituents is 1. The van der Waals surface area contributed by atoms with E-state index in [0.717, 1.165) is 10.1 Å². The average Bonchev–Trinajstić information content (AvgIpc) is 3.02. The largest absolute Gasteiger partial charge is 0.329 e. The quantitative estimate of drug-likeness (QED) is 0.493. The SMILES string of the molecule is Cc1ccc([N+](=O)[O-])cc1C(=O)Nc1cc(Cl)ccc1Sc1nccn1C. The van der Waals surface area contributed by atoms with Crippen LogP contribution in [0.15, 0.2) is 58.8 Å². The van der Waals surface area contributed by atoms with Gasteiger partial charge in [-0.05, 0) is 42.4 Å². The Morgan fingerprint density at radius 2 is 2.07 bits per heavy atom. The maximum absolute atomic E-state index is 12.7. The number of anilines is 1. The lowest BCUT2D eigenvalue weighted by Crippen LogP contribution is -2.14. The van der Waals surface area contributed by atoms with E-state index >= 15 is 0 Å². The van der Waals surface area contributed by atoms with Gasteiger partial charge in [-0.15, -0.1) is 0 Å². The van der Waals surface area contributed by atoms with E-state index in [4.69, 9.17) is 11.6 Å². The molecule has 138 valence electrons. The molecule has 3 aromatic rings. The smallest absolute Gasteiger partial charge is 0.270 e. The molecule has 1 N–H and O–H groups in total. The van der Waals surface area contributed by atoms with Crippen LogP contribution in [0.1, 0.15) is 15.9 Å². The van der Waals surface area contributed by atoms with Crippen molar-refractivity contribution in [2.45, 2.75) is 17.0 Å². The van der Waals surface area contributed by atoms with Crippen LogP contribution in [-0.4, -0.2) is 20.4 Å². The standard InChI is InChI=1S/C18H15ClN4O3S/c1-11-3-5-13(23(25)26)10-14(11)17(24)21-15-9-12(19)4-6-16(15)27-18-20-7-8-22(18)2/h3-10H,1-2H3,(H,21,24). The number of halogens is 1. The molecule has 3 rings (SSSR count). The van der Waals surface area contributed by atoms with Gasteiger partial charge in [0.2, 0.25) is 0 Å². The molecule has 0 aliphatic heterocycles. The highest BCUT2D eigenvalue weighted by Gasteiger charge is 2.17.